The lowest BCUT2D eigenvalue weighted by Gasteiger charge is -2.10. The molecule has 0 saturated heterocycles. The second-order valence-electron chi connectivity index (χ2n) is 7.57. The molecular weight excluding hydrogens is 450 g/mol. The molecule has 1 amide bonds. The minimum absolute atomic E-state index is 0.0156. The monoisotopic (exact) mass is 471 g/mol. The highest BCUT2D eigenvalue weighted by atomic mass is 32.1. The number of rotatable bonds is 6. The number of benzene rings is 3. The van der Waals surface area contributed by atoms with Crippen molar-refractivity contribution in [3.05, 3.63) is 78.0 Å². The van der Waals surface area contributed by atoms with E-state index < -0.39 is 0 Å². The number of carbonyl (C=O) groups is 1. The lowest BCUT2D eigenvalue weighted by molar-refractivity contribution is 0.102. The molecule has 0 radical (unpaired) electrons. The summed E-state index contributed by atoms with van der Waals surface area (Å²) in [5.74, 6) is 1.38. The smallest absolute Gasteiger partial charge is 0.257 e. The van der Waals surface area contributed by atoms with Crippen molar-refractivity contribution in [2.45, 2.75) is 13.3 Å². The van der Waals surface area contributed by atoms with Gasteiger partial charge in [-0.15, -0.1) is 0 Å². The van der Waals surface area contributed by atoms with Crippen LogP contribution in [-0.4, -0.2) is 28.1 Å². The van der Waals surface area contributed by atoms with Gasteiger partial charge in [-0.2, -0.15) is 0 Å². The first-order valence-corrected chi connectivity index (χ1v) is 11.5. The van der Waals surface area contributed by atoms with Crippen LogP contribution < -0.4 is 14.8 Å². The predicted molar refractivity (Wildman–Crippen MR) is 133 cm³/mol. The number of anilines is 1. The van der Waals surface area contributed by atoms with E-state index in [0.29, 0.717) is 38.8 Å². The van der Waals surface area contributed by atoms with Crippen LogP contribution in [0.4, 0.5) is 5.13 Å². The number of methoxy groups -OCH3 is 1. The SMILES string of the molecule is CCc1ccccc1C(=O)Nc1nc2ccc(Oc3ccnc4cc(O)c(OC)cc34)cc2s1. The van der Waals surface area contributed by atoms with Gasteiger partial charge in [-0.05, 0) is 42.3 Å². The molecule has 2 heterocycles. The van der Waals surface area contributed by atoms with Gasteiger partial charge in [0.25, 0.3) is 5.91 Å². The molecule has 0 spiro atoms. The molecule has 2 N–H and O–H groups in total. The lowest BCUT2D eigenvalue weighted by atomic mass is 10.1. The number of hydrogen-bond acceptors (Lipinski definition) is 7. The van der Waals surface area contributed by atoms with Crippen LogP contribution in [0.3, 0.4) is 0 Å². The van der Waals surface area contributed by atoms with Crippen LogP contribution in [-0.2, 0) is 6.42 Å². The molecule has 8 heteroatoms. The first kappa shape index (κ1) is 21.7. The summed E-state index contributed by atoms with van der Waals surface area (Å²) in [7, 11) is 1.49. The molecule has 0 fully saturated rings. The van der Waals surface area contributed by atoms with Crippen molar-refractivity contribution in [3.63, 3.8) is 0 Å². The highest BCUT2D eigenvalue weighted by molar-refractivity contribution is 7.22. The van der Waals surface area contributed by atoms with Crippen LogP contribution in [0.15, 0.2) is 66.9 Å². The molecule has 170 valence electrons. The zero-order valence-electron chi connectivity index (χ0n) is 18.5. The molecular formula is C26H21N3O4S. The zero-order valence-corrected chi connectivity index (χ0v) is 19.3. The zero-order chi connectivity index (χ0) is 23.7. The number of phenols is 1. The van der Waals surface area contributed by atoms with E-state index in [-0.39, 0.29) is 11.7 Å². The van der Waals surface area contributed by atoms with E-state index in [1.165, 1.54) is 18.4 Å². The van der Waals surface area contributed by atoms with Gasteiger partial charge in [0.05, 0.1) is 22.8 Å². The topological polar surface area (TPSA) is 93.6 Å². The summed E-state index contributed by atoms with van der Waals surface area (Å²) >= 11 is 1.38. The van der Waals surface area contributed by atoms with Crippen molar-refractivity contribution < 1.29 is 19.4 Å². The molecule has 7 nitrogen and oxygen atoms in total. The van der Waals surface area contributed by atoms with Crippen LogP contribution >= 0.6 is 11.3 Å². The largest absolute Gasteiger partial charge is 0.504 e. The summed E-state index contributed by atoms with van der Waals surface area (Å²) in [4.78, 5) is 21.6. The molecule has 34 heavy (non-hydrogen) atoms. The summed E-state index contributed by atoms with van der Waals surface area (Å²) in [5, 5.41) is 14.2. The van der Waals surface area contributed by atoms with Gasteiger partial charge in [0.2, 0.25) is 0 Å². The maximum absolute atomic E-state index is 12.8. The number of hydrogen-bond donors (Lipinski definition) is 2. The summed E-state index contributed by atoms with van der Waals surface area (Å²) in [6, 6.07) is 18.1. The van der Waals surface area contributed by atoms with Gasteiger partial charge >= 0.3 is 0 Å². The second kappa shape index (κ2) is 8.99. The highest BCUT2D eigenvalue weighted by Gasteiger charge is 2.14. The number of aromatic nitrogens is 2. The van der Waals surface area contributed by atoms with Crippen molar-refractivity contribution in [1.29, 1.82) is 0 Å². The lowest BCUT2D eigenvalue weighted by Crippen LogP contribution is -2.13. The van der Waals surface area contributed by atoms with E-state index in [1.807, 2.05) is 49.4 Å². The number of phenolic OH excluding ortho intramolecular Hbond substituents is 1. The Morgan fingerprint density at radius 2 is 1.91 bits per heavy atom. The Bertz CT molecular complexity index is 1530. The fourth-order valence-corrected chi connectivity index (χ4v) is 4.64. The van der Waals surface area contributed by atoms with Crippen molar-refractivity contribution in [2.24, 2.45) is 0 Å². The Labute approximate surface area is 199 Å². The molecule has 2 aromatic heterocycles. The summed E-state index contributed by atoms with van der Waals surface area (Å²) in [5.41, 5.74) is 3.00. The van der Waals surface area contributed by atoms with Crippen molar-refractivity contribution >= 4 is 43.5 Å². The molecule has 0 aliphatic rings. The molecule has 5 rings (SSSR count). The molecule has 0 unspecified atom stereocenters. The number of pyridine rings is 1. The van der Waals surface area contributed by atoms with E-state index in [0.717, 1.165) is 22.2 Å². The van der Waals surface area contributed by atoms with E-state index >= 15 is 0 Å². The van der Waals surface area contributed by atoms with Crippen molar-refractivity contribution in [2.75, 3.05) is 12.4 Å². The first-order valence-electron chi connectivity index (χ1n) is 10.7. The number of aryl methyl sites for hydroxylation is 1. The number of ether oxygens (including phenoxy) is 2. The summed E-state index contributed by atoms with van der Waals surface area (Å²) < 4.78 is 12.2. The standard InChI is InChI=1S/C26H21N3O4S/c1-3-15-6-4-5-7-17(15)25(31)29-26-28-19-9-8-16(12-24(19)34-26)33-22-10-11-27-20-14-21(30)23(32-2)13-18(20)22/h4-14,30H,3H2,1-2H3,(H,28,29,31). The summed E-state index contributed by atoms with van der Waals surface area (Å²) in [6.07, 6.45) is 2.40. The Morgan fingerprint density at radius 1 is 1.06 bits per heavy atom. The quantitative estimate of drug-likeness (QED) is 0.308. The number of carbonyl (C=O) groups excluding carboxylic acids is 1. The number of nitrogens with one attached hydrogen (secondary N) is 1. The van der Waals surface area contributed by atoms with Crippen LogP contribution in [0, 0.1) is 0 Å². The average Bonchev–Trinajstić information content (AvgIpc) is 3.25. The highest BCUT2D eigenvalue weighted by Crippen LogP contribution is 2.37. The first-order chi connectivity index (χ1) is 16.6. The number of thiazole rings is 1. The van der Waals surface area contributed by atoms with E-state index in [1.54, 1.807) is 24.4 Å². The number of fused-ring (bicyclic) bond motifs is 2. The minimum atomic E-state index is -0.173. The Morgan fingerprint density at radius 3 is 2.74 bits per heavy atom. The Kier molecular flexibility index (Phi) is 5.73. The van der Waals surface area contributed by atoms with Crippen molar-refractivity contribution in [3.8, 4) is 23.0 Å². The van der Waals surface area contributed by atoms with Gasteiger partial charge in [-0.25, -0.2) is 4.98 Å². The van der Waals surface area contributed by atoms with Crippen LogP contribution in [0.1, 0.15) is 22.8 Å². The van der Waals surface area contributed by atoms with Crippen molar-refractivity contribution in [1.82, 2.24) is 9.97 Å². The van der Waals surface area contributed by atoms with Crippen LogP contribution in [0.25, 0.3) is 21.1 Å². The van der Waals surface area contributed by atoms with Gasteiger partial charge in [-0.1, -0.05) is 36.5 Å². The van der Waals surface area contributed by atoms with Crippen LogP contribution in [0.5, 0.6) is 23.0 Å². The van der Waals surface area contributed by atoms with Gasteiger partial charge < -0.3 is 14.6 Å². The van der Waals surface area contributed by atoms with Gasteiger partial charge in [-0.3, -0.25) is 15.1 Å². The Hall–Kier alpha value is -4.17. The van der Waals surface area contributed by atoms with Gasteiger partial charge in [0, 0.05) is 29.3 Å². The minimum Gasteiger partial charge on any atom is -0.504 e. The summed E-state index contributed by atoms with van der Waals surface area (Å²) in [6.45, 7) is 2.02. The third-order valence-corrected chi connectivity index (χ3v) is 6.39. The molecule has 0 aliphatic carbocycles. The fourth-order valence-electron chi connectivity index (χ4n) is 3.75. The van der Waals surface area contributed by atoms with Gasteiger partial charge in [0.15, 0.2) is 16.6 Å². The normalized spacial score (nSPS) is 11.0. The third kappa shape index (κ3) is 4.11. The van der Waals surface area contributed by atoms with E-state index in [4.69, 9.17) is 9.47 Å². The number of aromatic hydroxyl groups is 1. The predicted octanol–water partition coefficient (Wildman–Crippen LogP) is 6.17. The molecule has 0 saturated carbocycles. The Balaban J connectivity index is 1.42. The van der Waals surface area contributed by atoms with Gasteiger partial charge in [0.1, 0.15) is 11.5 Å². The third-order valence-electron chi connectivity index (χ3n) is 5.45. The average molecular weight is 472 g/mol. The van der Waals surface area contributed by atoms with E-state index in [9.17, 15) is 9.90 Å². The number of amides is 1. The fraction of sp³-hybridized carbons (Fsp3) is 0.115. The molecule has 3 aromatic carbocycles. The maximum atomic E-state index is 12.8. The molecule has 0 atom stereocenters. The molecule has 0 bridgehead atoms. The maximum Gasteiger partial charge on any atom is 0.257 e. The second-order valence-corrected chi connectivity index (χ2v) is 8.60. The van der Waals surface area contributed by atoms with Crippen LogP contribution in [0.2, 0.25) is 0 Å². The number of nitrogens with zero attached hydrogens (tertiary/aromatic N) is 2. The molecule has 5 aromatic rings. The van der Waals surface area contributed by atoms with E-state index in [2.05, 4.69) is 15.3 Å². The molecule has 0 aliphatic heterocycles.